The fourth-order valence-corrected chi connectivity index (χ4v) is 3.76. The zero-order valence-electron chi connectivity index (χ0n) is 14.0. The van der Waals surface area contributed by atoms with E-state index in [9.17, 15) is 0 Å². The summed E-state index contributed by atoms with van der Waals surface area (Å²) in [6.45, 7) is 7.85. The molecule has 0 unspecified atom stereocenters. The highest BCUT2D eigenvalue weighted by Crippen LogP contribution is 2.31. The lowest BCUT2D eigenvalue weighted by atomic mass is 9.84. The summed E-state index contributed by atoms with van der Waals surface area (Å²) in [5, 5.41) is 12.0. The fourth-order valence-electron chi connectivity index (χ4n) is 3.76. The molecule has 0 radical (unpaired) electrons. The van der Waals surface area contributed by atoms with Gasteiger partial charge >= 0.3 is 0 Å². The van der Waals surface area contributed by atoms with E-state index in [4.69, 9.17) is 0 Å². The minimum atomic E-state index is 0.291. The van der Waals surface area contributed by atoms with E-state index in [1.807, 2.05) is 19.1 Å². The molecule has 22 heavy (non-hydrogen) atoms. The van der Waals surface area contributed by atoms with E-state index in [0.29, 0.717) is 5.54 Å². The molecule has 1 aromatic rings. The number of aryl methyl sites for hydroxylation is 1. The van der Waals surface area contributed by atoms with Crippen molar-refractivity contribution in [2.24, 2.45) is 0 Å². The number of aromatic nitrogens is 2. The monoisotopic (exact) mass is 303 g/mol. The third-order valence-corrected chi connectivity index (χ3v) is 5.34. The van der Waals surface area contributed by atoms with E-state index < -0.39 is 0 Å². The third kappa shape index (κ3) is 3.58. The van der Waals surface area contributed by atoms with Crippen LogP contribution in [0.1, 0.15) is 37.8 Å². The highest BCUT2D eigenvalue weighted by molar-refractivity contribution is 5.33. The number of anilines is 1. The second-order valence-corrected chi connectivity index (χ2v) is 6.99. The van der Waals surface area contributed by atoms with Crippen LogP contribution in [0.2, 0.25) is 0 Å². The maximum atomic E-state index is 4.26. The van der Waals surface area contributed by atoms with Gasteiger partial charge in [-0.25, -0.2) is 0 Å². The van der Waals surface area contributed by atoms with Crippen LogP contribution in [0.3, 0.4) is 0 Å². The first-order chi connectivity index (χ1) is 10.7. The van der Waals surface area contributed by atoms with E-state index in [0.717, 1.165) is 18.1 Å². The number of likely N-dealkylation sites (tertiary alicyclic amines) is 2. The molecule has 3 rings (SSSR count). The average Bonchev–Trinajstić information content (AvgIpc) is 2.57. The van der Waals surface area contributed by atoms with E-state index in [2.05, 4.69) is 32.4 Å². The molecule has 122 valence electrons. The van der Waals surface area contributed by atoms with E-state index in [-0.39, 0.29) is 0 Å². The SMILES string of the molecule is Cc1ccc(NCC2(N3CCCCC3)CCN(C)CC2)nn1. The molecule has 0 amide bonds. The number of rotatable bonds is 4. The Kier molecular flexibility index (Phi) is 4.93. The van der Waals surface area contributed by atoms with Gasteiger partial charge in [0.2, 0.25) is 0 Å². The van der Waals surface area contributed by atoms with Crippen LogP contribution in [0.5, 0.6) is 0 Å². The summed E-state index contributed by atoms with van der Waals surface area (Å²) in [6, 6.07) is 4.07. The molecule has 0 aliphatic carbocycles. The van der Waals surface area contributed by atoms with Crippen LogP contribution in [-0.4, -0.2) is 65.3 Å². The molecule has 1 aromatic heterocycles. The van der Waals surface area contributed by atoms with Crippen LogP contribution in [0.15, 0.2) is 12.1 Å². The highest BCUT2D eigenvalue weighted by atomic mass is 15.3. The van der Waals surface area contributed by atoms with Crippen molar-refractivity contribution in [3.8, 4) is 0 Å². The van der Waals surface area contributed by atoms with Gasteiger partial charge in [-0.1, -0.05) is 6.42 Å². The van der Waals surface area contributed by atoms with Crippen molar-refractivity contribution in [3.63, 3.8) is 0 Å². The lowest BCUT2D eigenvalue weighted by Gasteiger charge is -2.50. The maximum absolute atomic E-state index is 4.26. The molecule has 2 aliphatic rings. The Hall–Kier alpha value is -1.20. The first-order valence-corrected chi connectivity index (χ1v) is 8.66. The van der Waals surface area contributed by atoms with Gasteiger partial charge in [0.05, 0.1) is 5.69 Å². The Morgan fingerprint density at radius 1 is 1.05 bits per heavy atom. The first-order valence-electron chi connectivity index (χ1n) is 8.66. The molecular weight excluding hydrogens is 274 g/mol. The Balaban J connectivity index is 1.69. The third-order valence-electron chi connectivity index (χ3n) is 5.34. The molecule has 2 aliphatic heterocycles. The van der Waals surface area contributed by atoms with Crippen LogP contribution in [-0.2, 0) is 0 Å². The zero-order valence-corrected chi connectivity index (χ0v) is 14.0. The predicted octanol–water partition coefficient (Wildman–Crippen LogP) is 2.15. The molecule has 2 saturated heterocycles. The van der Waals surface area contributed by atoms with Crippen LogP contribution in [0.4, 0.5) is 5.82 Å². The summed E-state index contributed by atoms with van der Waals surface area (Å²) in [5.41, 5.74) is 1.26. The topological polar surface area (TPSA) is 44.3 Å². The number of hydrogen-bond donors (Lipinski definition) is 1. The van der Waals surface area contributed by atoms with Gasteiger partial charge in [-0.2, -0.15) is 5.10 Å². The Bertz CT molecular complexity index is 458. The number of piperidine rings is 2. The Morgan fingerprint density at radius 2 is 1.77 bits per heavy atom. The second-order valence-electron chi connectivity index (χ2n) is 6.99. The summed E-state index contributed by atoms with van der Waals surface area (Å²) in [6.07, 6.45) is 6.58. The van der Waals surface area contributed by atoms with Crippen LogP contribution < -0.4 is 5.32 Å². The van der Waals surface area contributed by atoms with E-state index in [1.165, 1.54) is 58.3 Å². The Morgan fingerprint density at radius 3 is 2.41 bits per heavy atom. The van der Waals surface area contributed by atoms with Gasteiger partial charge in [-0.3, -0.25) is 4.90 Å². The molecule has 0 saturated carbocycles. The second kappa shape index (κ2) is 6.92. The lowest BCUT2D eigenvalue weighted by molar-refractivity contribution is 0.0234. The number of nitrogens with zero attached hydrogens (tertiary/aromatic N) is 4. The minimum Gasteiger partial charge on any atom is -0.367 e. The van der Waals surface area contributed by atoms with Crippen molar-refractivity contribution < 1.29 is 0 Å². The molecule has 0 aromatic carbocycles. The molecule has 0 atom stereocenters. The number of nitrogens with one attached hydrogen (secondary N) is 1. The Labute approximate surface area is 134 Å². The molecule has 2 fully saturated rings. The first kappa shape index (κ1) is 15.7. The number of hydrogen-bond acceptors (Lipinski definition) is 5. The van der Waals surface area contributed by atoms with Crippen molar-refractivity contribution in [1.29, 1.82) is 0 Å². The highest BCUT2D eigenvalue weighted by Gasteiger charge is 2.39. The van der Waals surface area contributed by atoms with Crippen LogP contribution in [0, 0.1) is 6.92 Å². The summed E-state index contributed by atoms with van der Waals surface area (Å²) < 4.78 is 0. The smallest absolute Gasteiger partial charge is 0.148 e. The van der Waals surface area contributed by atoms with Gasteiger partial charge in [0.25, 0.3) is 0 Å². The molecule has 5 heteroatoms. The van der Waals surface area contributed by atoms with Crippen molar-refractivity contribution in [3.05, 3.63) is 17.8 Å². The largest absolute Gasteiger partial charge is 0.367 e. The predicted molar refractivity (Wildman–Crippen MR) is 90.1 cm³/mol. The molecule has 5 nitrogen and oxygen atoms in total. The minimum absolute atomic E-state index is 0.291. The maximum Gasteiger partial charge on any atom is 0.148 e. The van der Waals surface area contributed by atoms with Crippen molar-refractivity contribution in [2.45, 2.75) is 44.6 Å². The van der Waals surface area contributed by atoms with Gasteiger partial charge in [-0.05, 0) is 78.0 Å². The summed E-state index contributed by atoms with van der Waals surface area (Å²) in [5.74, 6) is 0.904. The van der Waals surface area contributed by atoms with Gasteiger partial charge < -0.3 is 10.2 Å². The standard InChI is InChI=1S/C17H29N5/c1-15-6-7-16(20-19-15)18-14-17(8-12-21(2)13-9-17)22-10-4-3-5-11-22/h6-7H,3-5,8-14H2,1-2H3,(H,18,20). The molecular formula is C17H29N5. The summed E-state index contributed by atoms with van der Waals surface area (Å²) in [4.78, 5) is 5.20. The fraction of sp³-hybridized carbons (Fsp3) is 0.765. The molecule has 3 heterocycles. The van der Waals surface area contributed by atoms with Crippen molar-refractivity contribution in [1.82, 2.24) is 20.0 Å². The lowest BCUT2D eigenvalue weighted by Crippen LogP contribution is -2.59. The molecule has 1 N–H and O–H groups in total. The van der Waals surface area contributed by atoms with Crippen molar-refractivity contribution >= 4 is 5.82 Å². The normalized spacial score (nSPS) is 23.4. The summed E-state index contributed by atoms with van der Waals surface area (Å²) in [7, 11) is 2.24. The van der Waals surface area contributed by atoms with Gasteiger partial charge in [0.15, 0.2) is 0 Å². The molecule has 0 bridgehead atoms. The van der Waals surface area contributed by atoms with Crippen LogP contribution >= 0.6 is 0 Å². The van der Waals surface area contributed by atoms with Gasteiger partial charge in [0, 0.05) is 12.1 Å². The average molecular weight is 303 g/mol. The van der Waals surface area contributed by atoms with E-state index >= 15 is 0 Å². The van der Waals surface area contributed by atoms with E-state index in [1.54, 1.807) is 0 Å². The molecule has 0 spiro atoms. The van der Waals surface area contributed by atoms with Gasteiger partial charge in [-0.15, -0.1) is 5.10 Å². The van der Waals surface area contributed by atoms with Gasteiger partial charge in [0.1, 0.15) is 5.82 Å². The van der Waals surface area contributed by atoms with Crippen LogP contribution in [0.25, 0.3) is 0 Å². The zero-order chi connectivity index (χ0) is 15.4. The summed E-state index contributed by atoms with van der Waals surface area (Å²) >= 11 is 0. The van der Waals surface area contributed by atoms with Crippen molar-refractivity contribution in [2.75, 3.05) is 45.1 Å². The quantitative estimate of drug-likeness (QED) is 0.923.